The Hall–Kier alpha value is -1.78. The highest BCUT2D eigenvalue weighted by Crippen LogP contribution is 2.16. The van der Waals surface area contributed by atoms with Crippen molar-refractivity contribution in [1.82, 2.24) is 4.98 Å². The topological polar surface area (TPSA) is 91.2 Å². The van der Waals surface area contributed by atoms with Crippen LogP contribution in [0.2, 0.25) is 0 Å². The van der Waals surface area contributed by atoms with E-state index >= 15 is 0 Å². The standard InChI is InChI=1S/C7H9N3O2/c1-12-7-5(6(9)11)2-4(8)3-10-7/h2-3H,8H2,1H3,(H2,9,11). The van der Waals surface area contributed by atoms with Crippen molar-refractivity contribution in [2.45, 2.75) is 0 Å². The van der Waals surface area contributed by atoms with Crippen LogP contribution in [0.25, 0.3) is 0 Å². The van der Waals surface area contributed by atoms with Crippen molar-refractivity contribution in [3.8, 4) is 5.88 Å². The fourth-order valence-corrected chi connectivity index (χ4v) is 0.808. The smallest absolute Gasteiger partial charge is 0.254 e. The molecule has 5 heteroatoms. The number of pyridine rings is 1. The maximum atomic E-state index is 10.8. The van der Waals surface area contributed by atoms with Crippen molar-refractivity contribution in [3.05, 3.63) is 17.8 Å². The molecule has 0 bridgehead atoms. The third-order valence-corrected chi connectivity index (χ3v) is 1.33. The van der Waals surface area contributed by atoms with Crippen LogP contribution in [0.1, 0.15) is 10.4 Å². The quantitative estimate of drug-likeness (QED) is 0.636. The summed E-state index contributed by atoms with van der Waals surface area (Å²) in [4.78, 5) is 14.5. The summed E-state index contributed by atoms with van der Waals surface area (Å²) in [6.45, 7) is 0. The average molecular weight is 167 g/mol. The maximum absolute atomic E-state index is 10.8. The predicted octanol–water partition coefficient (Wildman–Crippen LogP) is -0.229. The molecular weight excluding hydrogens is 158 g/mol. The SMILES string of the molecule is COc1ncc(N)cc1C(N)=O. The third kappa shape index (κ3) is 1.45. The number of primary amides is 1. The molecule has 1 amide bonds. The molecule has 0 spiro atoms. The van der Waals surface area contributed by atoms with Crippen LogP contribution in [0.5, 0.6) is 5.88 Å². The van der Waals surface area contributed by atoms with Crippen LogP contribution in [-0.4, -0.2) is 18.0 Å². The van der Waals surface area contributed by atoms with Crippen LogP contribution in [0.3, 0.4) is 0 Å². The zero-order valence-corrected chi connectivity index (χ0v) is 6.57. The number of rotatable bonds is 2. The van der Waals surface area contributed by atoms with Crippen molar-refractivity contribution in [2.24, 2.45) is 5.73 Å². The Kier molecular flexibility index (Phi) is 2.14. The Morgan fingerprint density at radius 3 is 2.83 bits per heavy atom. The predicted molar refractivity (Wildman–Crippen MR) is 43.7 cm³/mol. The van der Waals surface area contributed by atoms with Crippen LogP contribution in [0.15, 0.2) is 12.3 Å². The van der Waals surface area contributed by atoms with E-state index in [2.05, 4.69) is 4.98 Å². The van der Waals surface area contributed by atoms with Gasteiger partial charge in [0.1, 0.15) is 5.56 Å². The van der Waals surface area contributed by atoms with E-state index in [1.807, 2.05) is 0 Å². The lowest BCUT2D eigenvalue weighted by atomic mass is 10.2. The molecule has 0 radical (unpaired) electrons. The minimum absolute atomic E-state index is 0.191. The van der Waals surface area contributed by atoms with E-state index in [0.29, 0.717) is 5.69 Å². The molecule has 1 heterocycles. The highest BCUT2D eigenvalue weighted by molar-refractivity contribution is 5.95. The molecule has 0 aliphatic carbocycles. The summed E-state index contributed by atoms with van der Waals surface area (Å²) in [5.41, 5.74) is 11.0. The number of anilines is 1. The first-order chi connectivity index (χ1) is 5.65. The van der Waals surface area contributed by atoms with Gasteiger partial charge in [0.05, 0.1) is 19.0 Å². The monoisotopic (exact) mass is 167 g/mol. The minimum atomic E-state index is -0.605. The fraction of sp³-hybridized carbons (Fsp3) is 0.143. The van der Waals surface area contributed by atoms with Crippen molar-refractivity contribution >= 4 is 11.6 Å². The first-order valence-electron chi connectivity index (χ1n) is 3.24. The number of carbonyl (C=O) groups is 1. The van der Waals surface area contributed by atoms with Crippen LogP contribution < -0.4 is 16.2 Å². The summed E-state index contributed by atoms with van der Waals surface area (Å²) in [5, 5.41) is 0. The molecule has 1 rings (SSSR count). The Morgan fingerprint density at radius 1 is 1.67 bits per heavy atom. The molecule has 1 aromatic rings. The van der Waals surface area contributed by atoms with Gasteiger partial charge in [0.15, 0.2) is 0 Å². The van der Waals surface area contributed by atoms with Crippen LogP contribution in [0, 0.1) is 0 Å². The molecular formula is C7H9N3O2. The lowest BCUT2D eigenvalue weighted by Gasteiger charge is -2.03. The molecule has 5 nitrogen and oxygen atoms in total. The number of nitrogen functional groups attached to an aromatic ring is 1. The molecule has 0 atom stereocenters. The number of methoxy groups -OCH3 is 1. The molecule has 4 N–H and O–H groups in total. The molecule has 64 valence electrons. The second-order valence-corrected chi connectivity index (χ2v) is 2.19. The van der Waals surface area contributed by atoms with Gasteiger partial charge in [-0.05, 0) is 6.07 Å². The van der Waals surface area contributed by atoms with Crippen molar-refractivity contribution in [3.63, 3.8) is 0 Å². The lowest BCUT2D eigenvalue weighted by molar-refractivity contribution is 0.0996. The third-order valence-electron chi connectivity index (χ3n) is 1.33. The summed E-state index contributed by atoms with van der Waals surface area (Å²) in [5.74, 6) is -0.414. The highest BCUT2D eigenvalue weighted by Gasteiger charge is 2.09. The van der Waals surface area contributed by atoms with Crippen LogP contribution >= 0.6 is 0 Å². The van der Waals surface area contributed by atoms with E-state index in [1.54, 1.807) is 0 Å². The van der Waals surface area contributed by atoms with Gasteiger partial charge in [-0.3, -0.25) is 4.79 Å². The van der Waals surface area contributed by atoms with Gasteiger partial charge in [-0.25, -0.2) is 4.98 Å². The molecule has 0 unspecified atom stereocenters. The average Bonchev–Trinajstić information content (AvgIpc) is 2.04. The molecule has 0 saturated heterocycles. The van der Waals surface area contributed by atoms with E-state index in [1.165, 1.54) is 19.4 Å². The van der Waals surface area contributed by atoms with Gasteiger partial charge in [0, 0.05) is 0 Å². The van der Waals surface area contributed by atoms with Crippen molar-refractivity contribution in [1.29, 1.82) is 0 Å². The Labute approximate surface area is 69.3 Å². The molecule has 0 fully saturated rings. The maximum Gasteiger partial charge on any atom is 0.254 e. The number of hydrogen-bond donors (Lipinski definition) is 2. The number of amides is 1. The number of hydrogen-bond acceptors (Lipinski definition) is 4. The van der Waals surface area contributed by atoms with Gasteiger partial charge in [-0.2, -0.15) is 0 Å². The largest absolute Gasteiger partial charge is 0.480 e. The van der Waals surface area contributed by atoms with Gasteiger partial charge in [-0.1, -0.05) is 0 Å². The molecule has 0 saturated carbocycles. The van der Waals surface area contributed by atoms with E-state index < -0.39 is 5.91 Å². The fourth-order valence-electron chi connectivity index (χ4n) is 0.808. The Morgan fingerprint density at radius 2 is 2.33 bits per heavy atom. The van der Waals surface area contributed by atoms with Gasteiger partial charge >= 0.3 is 0 Å². The summed E-state index contributed by atoms with van der Waals surface area (Å²) in [6, 6.07) is 1.42. The summed E-state index contributed by atoms with van der Waals surface area (Å²) in [6.07, 6.45) is 1.39. The van der Waals surface area contributed by atoms with Gasteiger partial charge < -0.3 is 16.2 Å². The van der Waals surface area contributed by atoms with Gasteiger partial charge in [0.2, 0.25) is 5.88 Å². The summed E-state index contributed by atoms with van der Waals surface area (Å²) >= 11 is 0. The molecule has 1 aromatic heterocycles. The first-order valence-corrected chi connectivity index (χ1v) is 3.24. The number of nitrogens with two attached hydrogens (primary N) is 2. The molecule has 12 heavy (non-hydrogen) atoms. The van der Waals surface area contributed by atoms with Crippen LogP contribution in [-0.2, 0) is 0 Å². The first kappa shape index (κ1) is 8.32. The van der Waals surface area contributed by atoms with Crippen LogP contribution in [0.4, 0.5) is 5.69 Å². The molecule has 0 aliphatic heterocycles. The Bertz CT molecular complexity index is 312. The van der Waals surface area contributed by atoms with E-state index in [0.717, 1.165) is 0 Å². The van der Waals surface area contributed by atoms with Crippen molar-refractivity contribution < 1.29 is 9.53 Å². The number of carbonyl (C=O) groups excluding carboxylic acids is 1. The van der Waals surface area contributed by atoms with E-state index in [-0.39, 0.29) is 11.4 Å². The Balaban J connectivity index is 3.21. The number of ether oxygens (including phenoxy) is 1. The number of aromatic nitrogens is 1. The van der Waals surface area contributed by atoms with Gasteiger partial charge in [-0.15, -0.1) is 0 Å². The molecule has 0 aliphatic rings. The van der Waals surface area contributed by atoms with E-state index in [9.17, 15) is 4.79 Å². The summed E-state index contributed by atoms with van der Waals surface area (Å²) < 4.78 is 4.79. The number of nitrogens with zero attached hydrogens (tertiary/aromatic N) is 1. The minimum Gasteiger partial charge on any atom is -0.480 e. The van der Waals surface area contributed by atoms with E-state index in [4.69, 9.17) is 16.2 Å². The zero-order chi connectivity index (χ0) is 9.14. The summed E-state index contributed by atoms with van der Waals surface area (Å²) in [7, 11) is 1.41. The van der Waals surface area contributed by atoms with Gasteiger partial charge in [0.25, 0.3) is 5.91 Å². The second-order valence-electron chi connectivity index (χ2n) is 2.19. The normalized spacial score (nSPS) is 9.42. The zero-order valence-electron chi connectivity index (χ0n) is 6.57. The highest BCUT2D eigenvalue weighted by atomic mass is 16.5. The second kappa shape index (κ2) is 3.08. The molecule has 0 aromatic carbocycles. The lowest BCUT2D eigenvalue weighted by Crippen LogP contribution is -2.13. The van der Waals surface area contributed by atoms with Crippen molar-refractivity contribution in [2.75, 3.05) is 12.8 Å².